The average Bonchev–Trinajstić information content (AvgIpc) is 3.09. The molecule has 0 amide bonds. The van der Waals surface area contributed by atoms with Crippen molar-refractivity contribution in [2.24, 2.45) is 5.41 Å². The highest BCUT2D eigenvalue weighted by Gasteiger charge is 2.36. The third-order valence-electron chi connectivity index (χ3n) is 5.49. The number of furan rings is 1. The largest absolute Gasteiger partial charge is 0.468 e. The number of piperidine rings is 1. The van der Waals surface area contributed by atoms with E-state index in [2.05, 4.69) is 30.1 Å². The van der Waals surface area contributed by atoms with E-state index in [1.54, 1.807) is 0 Å². The van der Waals surface area contributed by atoms with Crippen LogP contribution in [-0.2, 0) is 13.1 Å². The van der Waals surface area contributed by atoms with Gasteiger partial charge in [0.25, 0.3) is 0 Å². The van der Waals surface area contributed by atoms with Crippen molar-refractivity contribution in [3.05, 3.63) is 23.7 Å². The molecule has 3 rings (SSSR count). The van der Waals surface area contributed by atoms with Crippen LogP contribution in [0.1, 0.15) is 63.7 Å². The highest BCUT2D eigenvalue weighted by Crippen LogP contribution is 2.46. The van der Waals surface area contributed by atoms with Crippen LogP contribution in [0.15, 0.2) is 16.7 Å². The fourth-order valence-corrected chi connectivity index (χ4v) is 3.99. The first-order chi connectivity index (χ1) is 10.2. The Morgan fingerprint density at radius 1 is 1.19 bits per heavy atom. The molecule has 1 aromatic rings. The molecule has 2 fully saturated rings. The van der Waals surface area contributed by atoms with Crippen LogP contribution in [0.25, 0.3) is 0 Å². The fourth-order valence-electron chi connectivity index (χ4n) is 3.99. The highest BCUT2D eigenvalue weighted by molar-refractivity contribution is 5.17. The number of hydrogen-bond donors (Lipinski definition) is 1. The Bertz CT molecular complexity index is 436. The molecule has 1 aliphatic carbocycles. The van der Waals surface area contributed by atoms with Gasteiger partial charge in [0, 0.05) is 18.2 Å². The second-order valence-electron chi connectivity index (χ2n) is 7.39. The molecule has 1 N–H and O–H groups in total. The predicted octanol–water partition coefficient (Wildman–Crippen LogP) is 3.93. The normalized spacial score (nSPS) is 22.4. The molecule has 0 aromatic carbocycles. The van der Waals surface area contributed by atoms with Crippen LogP contribution in [0.5, 0.6) is 0 Å². The van der Waals surface area contributed by atoms with E-state index in [-0.39, 0.29) is 0 Å². The van der Waals surface area contributed by atoms with Gasteiger partial charge >= 0.3 is 0 Å². The monoisotopic (exact) mass is 290 g/mol. The van der Waals surface area contributed by atoms with E-state index >= 15 is 0 Å². The van der Waals surface area contributed by atoms with Gasteiger partial charge in [0.2, 0.25) is 0 Å². The summed E-state index contributed by atoms with van der Waals surface area (Å²) in [4.78, 5) is 2.58. The van der Waals surface area contributed by atoms with Crippen molar-refractivity contribution >= 4 is 0 Å². The first kappa shape index (κ1) is 15.1. The van der Waals surface area contributed by atoms with Crippen LogP contribution in [0.4, 0.5) is 0 Å². The maximum Gasteiger partial charge on any atom is 0.122 e. The topological polar surface area (TPSA) is 28.4 Å². The molecule has 118 valence electrons. The zero-order valence-electron chi connectivity index (χ0n) is 13.7. The smallest absolute Gasteiger partial charge is 0.122 e. The van der Waals surface area contributed by atoms with E-state index in [9.17, 15) is 0 Å². The molecule has 21 heavy (non-hydrogen) atoms. The van der Waals surface area contributed by atoms with E-state index in [0.29, 0.717) is 11.5 Å². The predicted molar refractivity (Wildman–Crippen MR) is 86.1 cm³/mol. The van der Waals surface area contributed by atoms with E-state index in [1.807, 2.05) is 6.26 Å². The van der Waals surface area contributed by atoms with Gasteiger partial charge in [0.15, 0.2) is 0 Å². The van der Waals surface area contributed by atoms with Gasteiger partial charge in [-0.15, -0.1) is 0 Å². The van der Waals surface area contributed by atoms with Crippen LogP contribution in [0.2, 0.25) is 0 Å². The van der Waals surface area contributed by atoms with Gasteiger partial charge in [-0.05, 0) is 50.3 Å². The molecule has 3 nitrogen and oxygen atoms in total. The number of likely N-dealkylation sites (tertiary alicyclic amines) is 1. The Hall–Kier alpha value is -0.800. The first-order valence-electron chi connectivity index (χ1n) is 8.68. The standard InChI is InChI=1S/C18H30N2O/c1-15(2)19-13-16-5-12-21-17(16)14-20-10-8-18(9-11-20)6-3-4-7-18/h5,12,15,19H,3-4,6-11,13-14H2,1-2H3. The summed E-state index contributed by atoms with van der Waals surface area (Å²) in [6.45, 7) is 8.77. The summed E-state index contributed by atoms with van der Waals surface area (Å²) < 4.78 is 5.73. The minimum atomic E-state index is 0.518. The van der Waals surface area contributed by atoms with Crippen LogP contribution in [0, 0.1) is 5.41 Å². The van der Waals surface area contributed by atoms with Gasteiger partial charge in [-0.3, -0.25) is 4.90 Å². The lowest BCUT2D eigenvalue weighted by molar-refractivity contribution is 0.0978. The van der Waals surface area contributed by atoms with Crippen molar-refractivity contribution in [3.8, 4) is 0 Å². The molecule has 1 saturated carbocycles. The third kappa shape index (κ3) is 3.70. The van der Waals surface area contributed by atoms with Crippen LogP contribution in [0.3, 0.4) is 0 Å². The lowest BCUT2D eigenvalue weighted by Gasteiger charge is -2.39. The zero-order valence-corrected chi connectivity index (χ0v) is 13.7. The molecule has 0 radical (unpaired) electrons. The Morgan fingerprint density at radius 3 is 2.57 bits per heavy atom. The summed E-state index contributed by atoms with van der Waals surface area (Å²) >= 11 is 0. The summed E-state index contributed by atoms with van der Waals surface area (Å²) in [6, 6.07) is 2.64. The van der Waals surface area contributed by atoms with E-state index in [4.69, 9.17) is 4.42 Å². The molecule has 0 atom stereocenters. The van der Waals surface area contributed by atoms with Crippen LogP contribution >= 0.6 is 0 Å². The Balaban J connectivity index is 1.52. The maximum absolute atomic E-state index is 5.73. The zero-order chi connectivity index (χ0) is 14.7. The number of nitrogens with zero attached hydrogens (tertiary/aromatic N) is 1. The Kier molecular flexibility index (Phi) is 4.70. The minimum absolute atomic E-state index is 0.518. The first-order valence-corrected chi connectivity index (χ1v) is 8.68. The quantitative estimate of drug-likeness (QED) is 0.890. The molecule has 1 aromatic heterocycles. The van der Waals surface area contributed by atoms with Crippen molar-refractivity contribution in [1.29, 1.82) is 0 Å². The van der Waals surface area contributed by atoms with Gasteiger partial charge < -0.3 is 9.73 Å². The minimum Gasteiger partial charge on any atom is -0.468 e. The number of nitrogens with one attached hydrogen (secondary N) is 1. The van der Waals surface area contributed by atoms with Gasteiger partial charge in [0.05, 0.1) is 12.8 Å². The second-order valence-corrected chi connectivity index (χ2v) is 7.39. The summed E-state index contributed by atoms with van der Waals surface area (Å²) in [5.74, 6) is 1.16. The van der Waals surface area contributed by atoms with Crippen LogP contribution in [-0.4, -0.2) is 24.0 Å². The molecule has 2 aliphatic rings. The molecule has 1 spiro atoms. The Morgan fingerprint density at radius 2 is 1.90 bits per heavy atom. The van der Waals surface area contributed by atoms with Gasteiger partial charge in [-0.1, -0.05) is 26.7 Å². The number of rotatable bonds is 5. The van der Waals surface area contributed by atoms with Crippen molar-refractivity contribution in [3.63, 3.8) is 0 Å². The lowest BCUT2D eigenvalue weighted by Crippen LogP contribution is -2.38. The average molecular weight is 290 g/mol. The second kappa shape index (κ2) is 6.53. The van der Waals surface area contributed by atoms with Crippen molar-refractivity contribution in [1.82, 2.24) is 10.2 Å². The van der Waals surface area contributed by atoms with E-state index in [0.717, 1.165) is 18.8 Å². The summed E-state index contributed by atoms with van der Waals surface area (Å²) in [5.41, 5.74) is 2.03. The van der Waals surface area contributed by atoms with Gasteiger partial charge in [0.1, 0.15) is 5.76 Å². The van der Waals surface area contributed by atoms with Gasteiger partial charge in [-0.2, -0.15) is 0 Å². The number of hydrogen-bond acceptors (Lipinski definition) is 3. The van der Waals surface area contributed by atoms with E-state index in [1.165, 1.54) is 57.2 Å². The fraction of sp³-hybridized carbons (Fsp3) is 0.778. The highest BCUT2D eigenvalue weighted by atomic mass is 16.3. The lowest BCUT2D eigenvalue weighted by atomic mass is 9.77. The molecule has 1 aliphatic heterocycles. The third-order valence-corrected chi connectivity index (χ3v) is 5.49. The van der Waals surface area contributed by atoms with E-state index < -0.39 is 0 Å². The van der Waals surface area contributed by atoms with Gasteiger partial charge in [-0.25, -0.2) is 0 Å². The molecular formula is C18H30N2O. The summed E-state index contributed by atoms with van der Waals surface area (Å²) in [7, 11) is 0. The maximum atomic E-state index is 5.73. The molecule has 3 heteroatoms. The van der Waals surface area contributed by atoms with Crippen molar-refractivity contribution in [2.75, 3.05) is 13.1 Å². The van der Waals surface area contributed by atoms with Crippen LogP contribution < -0.4 is 5.32 Å². The summed E-state index contributed by atoms with van der Waals surface area (Å²) in [5, 5.41) is 3.49. The van der Waals surface area contributed by atoms with Crippen molar-refractivity contribution in [2.45, 2.75) is 71.5 Å². The molecule has 2 heterocycles. The Labute approximate surface area is 129 Å². The molecule has 0 unspecified atom stereocenters. The van der Waals surface area contributed by atoms with Crippen molar-refractivity contribution < 1.29 is 4.42 Å². The summed E-state index contributed by atoms with van der Waals surface area (Å²) in [6.07, 6.45) is 10.5. The SMILES string of the molecule is CC(C)NCc1ccoc1CN1CCC2(CCCC2)CC1. The molecule has 0 bridgehead atoms. The molecular weight excluding hydrogens is 260 g/mol. The molecule has 1 saturated heterocycles.